The molecule has 0 atom stereocenters. The van der Waals surface area contributed by atoms with Crippen molar-refractivity contribution in [2.24, 2.45) is 0 Å². The van der Waals surface area contributed by atoms with E-state index in [2.05, 4.69) is 12.2 Å². The number of aryl methyl sites for hydroxylation is 2. The first-order chi connectivity index (χ1) is 13.3. The molecular formula is C21H31N3O2S2. The Morgan fingerprint density at radius 3 is 2.75 bits per heavy atom. The van der Waals surface area contributed by atoms with Gasteiger partial charge in [-0.25, -0.2) is 4.98 Å². The van der Waals surface area contributed by atoms with Gasteiger partial charge in [-0.3, -0.25) is 14.2 Å². The lowest BCUT2D eigenvalue weighted by molar-refractivity contribution is -0.119. The maximum Gasteiger partial charge on any atom is 0.263 e. The van der Waals surface area contributed by atoms with Gasteiger partial charge in [0.05, 0.1) is 11.1 Å². The normalized spacial score (nSPS) is 13.9. The van der Waals surface area contributed by atoms with Crippen LogP contribution in [0.15, 0.2) is 9.95 Å². The van der Waals surface area contributed by atoms with E-state index in [4.69, 9.17) is 4.98 Å². The SMILES string of the molecule is CCCCCCn1c(SCC(=O)NC(C)(C)C)nc2sc3c(c2c1=O)CCC3. The summed E-state index contributed by atoms with van der Waals surface area (Å²) in [5, 5.41) is 4.49. The highest BCUT2D eigenvalue weighted by atomic mass is 32.2. The summed E-state index contributed by atoms with van der Waals surface area (Å²) in [6, 6.07) is 0. The Hall–Kier alpha value is -1.34. The van der Waals surface area contributed by atoms with Gasteiger partial charge in [0, 0.05) is 17.0 Å². The highest BCUT2D eigenvalue weighted by molar-refractivity contribution is 7.99. The maximum atomic E-state index is 13.3. The lowest BCUT2D eigenvalue weighted by Crippen LogP contribution is -2.41. The van der Waals surface area contributed by atoms with E-state index in [0.29, 0.717) is 11.7 Å². The van der Waals surface area contributed by atoms with Gasteiger partial charge in [-0.1, -0.05) is 37.9 Å². The fourth-order valence-corrected chi connectivity index (χ4v) is 5.77. The first kappa shape index (κ1) is 21.4. The van der Waals surface area contributed by atoms with Crippen LogP contribution in [0.5, 0.6) is 0 Å². The molecule has 7 heteroatoms. The van der Waals surface area contributed by atoms with E-state index in [-0.39, 0.29) is 22.8 Å². The fraction of sp³-hybridized carbons (Fsp3) is 0.667. The summed E-state index contributed by atoms with van der Waals surface area (Å²) < 4.78 is 1.82. The minimum absolute atomic E-state index is 0.0296. The van der Waals surface area contributed by atoms with Gasteiger partial charge in [-0.2, -0.15) is 0 Å². The van der Waals surface area contributed by atoms with Gasteiger partial charge < -0.3 is 5.32 Å². The molecule has 0 aliphatic heterocycles. The zero-order valence-corrected chi connectivity index (χ0v) is 19.0. The van der Waals surface area contributed by atoms with E-state index in [1.807, 2.05) is 25.3 Å². The Balaban J connectivity index is 1.88. The highest BCUT2D eigenvalue weighted by Gasteiger charge is 2.23. The van der Waals surface area contributed by atoms with Crippen molar-refractivity contribution < 1.29 is 4.79 Å². The third-order valence-electron chi connectivity index (χ3n) is 4.87. The Bertz CT molecular complexity index is 909. The molecule has 0 radical (unpaired) electrons. The van der Waals surface area contributed by atoms with Crippen molar-refractivity contribution in [3.05, 3.63) is 20.8 Å². The fourth-order valence-electron chi connectivity index (χ4n) is 3.65. The summed E-state index contributed by atoms with van der Waals surface area (Å²) in [6.45, 7) is 8.77. The first-order valence-corrected chi connectivity index (χ1v) is 12.1. The number of amides is 1. The van der Waals surface area contributed by atoms with Gasteiger partial charge in [0.2, 0.25) is 5.91 Å². The van der Waals surface area contributed by atoms with E-state index in [9.17, 15) is 9.59 Å². The van der Waals surface area contributed by atoms with E-state index in [1.54, 1.807) is 11.3 Å². The third kappa shape index (κ3) is 4.98. The van der Waals surface area contributed by atoms with Crippen molar-refractivity contribution in [1.82, 2.24) is 14.9 Å². The lowest BCUT2D eigenvalue weighted by atomic mass is 10.1. The van der Waals surface area contributed by atoms with Crippen LogP contribution in [-0.4, -0.2) is 26.8 Å². The Labute approximate surface area is 175 Å². The van der Waals surface area contributed by atoms with Crippen LogP contribution in [0.3, 0.4) is 0 Å². The van der Waals surface area contributed by atoms with Crippen molar-refractivity contribution in [2.75, 3.05) is 5.75 Å². The highest BCUT2D eigenvalue weighted by Crippen LogP contribution is 2.35. The minimum atomic E-state index is -0.261. The summed E-state index contributed by atoms with van der Waals surface area (Å²) >= 11 is 3.04. The topological polar surface area (TPSA) is 64.0 Å². The molecule has 0 aromatic carbocycles. The largest absolute Gasteiger partial charge is 0.351 e. The minimum Gasteiger partial charge on any atom is -0.351 e. The molecule has 154 valence electrons. The summed E-state index contributed by atoms with van der Waals surface area (Å²) in [5.41, 5.74) is 1.05. The van der Waals surface area contributed by atoms with Crippen molar-refractivity contribution in [3.63, 3.8) is 0 Å². The van der Waals surface area contributed by atoms with Gasteiger partial charge >= 0.3 is 0 Å². The number of thioether (sulfide) groups is 1. The smallest absolute Gasteiger partial charge is 0.263 e. The molecule has 1 aliphatic rings. The molecule has 0 spiro atoms. The zero-order chi connectivity index (χ0) is 20.3. The van der Waals surface area contributed by atoms with Crippen LogP contribution < -0.4 is 10.9 Å². The molecule has 5 nitrogen and oxygen atoms in total. The molecule has 0 saturated carbocycles. The number of carbonyl (C=O) groups is 1. The van der Waals surface area contributed by atoms with Crippen LogP contribution in [0, 0.1) is 0 Å². The molecule has 2 heterocycles. The third-order valence-corrected chi connectivity index (χ3v) is 7.03. The number of nitrogens with zero attached hydrogens (tertiary/aromatic N) is 2. The average molecular weight is 422 g/mol. The van der Waals surface area contributed by atoms with Crippen LogP contribution in [-0.2, 0) is 24.2 Å². The van der Waals surface area contributed by atoms with Crippen LogP contribution >= 0.6 is 23.1 Å². The summed E-state index contributed by atoms with van der Waals surface area (Å²) in [5.74, 6) is 0.244. The number of carbonyl (C=O) groups excluding carboxylic acids is 1. The van der Waals surface area contributed by atoms with Crippen LogP contribution in [0.4, 0.5) is 0 Å². The van der Waals surface area contributed by atoms with Crippen molar-refractivity contribution >= 4 is 39.2 Å². The molecule has 2 aromatic heterocycles. The van der Waals surface area contributed by atoms with Crippen molar-refractivity contribution in [2.45, 2.75) is 89.9 Å². The molecule has 3 rings (SSSR count). The van der Waals surface area contributed by atoms with Gasteiger partial charge in [0.1, 0.15) is 4.83 Å². The predicted octanol–water partition coefficient (Wildman–Crippen LogP) is 4.53. The number of nitrogens with one attached hydrogen (secondary N) is 1. The molecule has 1 N–H and O–H groups in total. The van der Waals surface area contributed by atoms with Crippen LogP contribution in [0.1, 0.15) is 70.2 Å². The summed E-state index contributed by atoms with van der Waals surface area (Å²) in [6.07, 6.45) is 7.60. The number of rotatable bonds is 8. The van der Waals surface area contributed by atoms with E-state index in [1.165, 1.54) is 35.0 Å². The van der Waals surface area contributed by atoms with E-state index in [0.717, 1.165) is 42.3 Å². The molecule has 0 fully saturated rings. The molecule has 28 heavy (non-hydrogen) atoms. The summed E-state index contributed by atoms with van der Waals surface area (Å²) in [4.78, 5) is 32.6. The van der Waals surface area contributed by atoms with Gasteiger partial charge in [-0.15, -0.1) is 11.3 Å². The van der Waals surface area contributed by atoms with E-state index >= 15 is 0 Å². The number of hydrogen-bond acceptors (Lipinski definition) is 5. The van der Waals surface area contributed by atoms with Crippen LogP contribution in [0.25, 0.3) is 10.2 Å². The number of hydrogen-bond donors (Lipinski definition) is 1. The van der Waals surface area contributed by atoms with Crippen molar-refractivity contribution in [1.29, 1.82) is 0 Å². The zero-order valence-electron chi connectivity index (χ0n) is 17.4. The number of fused-ring (bicyclic) bond motifs is 3. The molecule has 1 amide bonds. The van der Waals surface area contributed by atoms with Gasteiger partial charge in [0.15, 0.2) is 5.16 Å². The molecular weight excluding hydrogens is 390 g/mol. The Morgan fingerprint density at radius 2 is 2.04 bits per heavy atom. The first-order valence-electron chi connectivity index (χ1n) is 10.3. The maximum absolute atomic E-state index is 13.3. The molecule has 0 unspecified atom stereocenters. The Morgan fingerprint density at radius 1 is 1.25 bits per heavy atom. The second kappa shape index (κ2) is 8.99. The lowest BCUT2D eigenvalue weighted by Gasteiger charge is -2.20. The van der Waals surface area contributed by atoms with Crippen molar-refractivity contribution in [3.8, 4) is 0 Å². The summed E-state index contributed by atoms with van der Waals surface area (Å²) in [7, 11) is 0. The number of unbranched alkanes of at least 4 members (excludes halogenated alkanes) is 3. The average Bonchev–Trinajstić information content (AvgIpc) is 3.17. The second-order valence-corrected chi connectivity index (χ2v) is 10.6. The molecule has 2 aromatic rings. The van der Waals surface area contributed by atoms with Gasteiger partial charge in [-0.05, 0) is 52.0 Å². The quantitative estimate of drug-likeness (QED) is 0.386. The Kier molecular flexibility index (Phi) is 6.86. The van der Waals surface area contributed by atoms with Gasteiger partial charge in [0.25, 0.3) is 5.56 Å². The number of aromatic nitrogens is 2. The second-order valence-electron chi connectivity index (χ2n) is 8.54. The number of thiophene rings is 1. The monoisotopic (exact) mass is 421 g/mol. The molecule has 1 aliphatic carbocycles. The molecule has 0 bridgehead atoms. The van der Waals surface area contributed by atoms with Crippen LogP contribution in [0.2, 0.25) is 0 Å². The van der Waals surface area contributed by atoms with E-state index < -0.39 is 0 Å². The standard InChI is InChI=1S/C21H31N3O2S2/c1-5-6-7-8-12-24-19(26)17-14-10-9-11-15(14)28-18(17)22-20(24)27-13-16(25)23-21(2,3)4/h5-13H2,1-4H3,(H,23,25). The predicted molar refractivity (Wildman–Crippen MR) is 119 cm³/mol. The molecule has 0 saturated heterocycles.